The number of aromatic nitrogens is 3. The lowest BCUT2D eigenvalue weighted by atomic mass is 9.97. The summed E-state index contributed by atoms with van der Waals surface area (Å²) in [5.74, 6) is -0.590. The number of phenols is 3. The van der Waals surface area contributed by atoms with Crippen LogP contribution in [0.25, 0.3) is 44.3 Å². The highest BCUT2D eigenvalue weighted by atomic mass is 16.5. The van der Waals surface area contributed by atoms with E-state index in [1.165, 1.54) is 0 Å². The smallest absolute Gasteiger partial charge is 0.320 e. The summed E-state index contributed by atoms with van der Waals surface area (Å²) in [5, 5.41) is 34.6. The third-order valence-corrected chi connectivity index (χ3v) is 5.36. The molecule has 1 aromatic heterocycles. The topological polar surface area (TPSA) is 109 Å². The van der Waals surface area contributed by atoms with Crippen LogP contribution in [0.1, 0.15) is 13.3 Å². The number of benzene rings is 4. The molecular weight excluding hydrogens is 418 g/mol. The second-order valence-electron chi connectivity index (χ2n) is 7.66. The summed E-state index contributed by atoms with van der Waals surface area (Å²) < 4.78 is 5.71. The Morgan fingerprint density at radius 1 is 0.727 bits per heavy atom. The molecule has 7 nitrogen and oxygen atoms in total. The Morgan fingerprint density at radius 3 is 2.09 bits per heavy atom. The second kappa shape index (κ2) is 8.27. The van der Waals surface area contributed by atoms with Gasteiger partial charge in [0, 0.05) is 17.7 Å². The first kappa shape index (κ1) is 20.5. The van der Waals surface area contributed by atoms with Crippen molar-refractivity contribution in [3.8, 4) is 46.0 Å². The Balaban J connectivity index is 1.80. The van der Waals surface area contributed by atoms with Crippen LogP contribution in [-0.4, -0.2) is 36.9 Å². The molecule has 1 heterocycles. The molecule has 33 heavy (non-hydrogen) atoms. The number of ether oxygens (including phenoxy) is 1. The van der Waals surface area contributed by atoms with Gasteiger partial charge in [0.1, 0.15) is 22.8 Å². The maximum Gasteiger partial charge on any atom is 0.320 e. The van der Waals surface area contributed by atoms with Gasteiger partial charge in [-0.3, -0.25) is 0 Å². The van der Waals surface area contributed by atoms with Crippen LogP contribution in [0.2, 0.25) is 0 Å². The predicted molar refractivity (Wildman–Crippen MR) is 126 cm³/mol. The number of phenolic OH excluding ortho intramolecular Hbond substituents is 3. The molecule has 0 unspecified atom stereocenters. The van der Waals surface area contributed by atoms with Gasteiger partial charge in [0.2, 0.25) is 0 Å². The Hall–Kier alpha value is -4.39. The molecule has 4 aromatic carbocycles. The van der Waals surface area contributed by atoms with Gasteiger partial charge in [-0.05, 0) is 34.0 Å². The minimum absolute atomic E-state index is 0.0112. The number of rotatable bonds is 5. The van der Waals surface area contributed by atoms with Gasteiger partial charge in [-0.25, -0.2) is 4.98 Å². The van der Waals surface area contributed by atoms with Crippen LogP contribution in [0.15, 0.2) is 66.7 Å². The minimum atomic E-state index is -0.352. The molecule has 0 saturated carbocycles. The van der Waals surface area contributed by atoms with Crippen LogP contribution in [-0.2, 0) is 0 Å². The highest BCUT2D eigenvalue weighted by Gasteiger charge is 2.20. The summed E-state index contributed by atoms with van der Waals surface area (Å²) in [6.45, 7) is 2.37. The van der Waals surface area contributed by atoms with E-state index in [0.29, 0.717) is 12.4 Å². The average molecular weight is 439 g/mol. The van der Waals surface area contributed by atoms with E-state index in [1.807, 2.05) is 49.4 Å². The quantitative estimate of drug-likeness (QED) is 0.314. The number of hydrogen-bond donors (Lipinski definition) is 3. The van der Waals surface area contributed by atoms with Gasteiger partial charge in [0.15, 0.2) is 11.6 Å². The molecule has 0 atom stereocenters. The van der Waals surface area contributed by atoms with Crippen molar-refractivity contribution in [3.05, 3.63) is 66.7 Å². The summed E-state index contributed by atoms with van der Waals surface area (Å²) in [7, 11) is 0. The van der Waals surface area contributed by atoms with Crippen molar-refractivity contribution in [2.24, 2.45) is 0 Å². The highest BCUT2D eigenvalue weighted by molar-refractivity contribution is 6.13. The predicted octanol–water partition coefficient (Wildman–Crippen LogP) is 5.42. The zero-order valence-corrected chi connectivity index (χ0v) is 17.9. The molecule has 3 N–H and O–H groups in total. The number of nitrogens with zero attached hydrogens (tertiary/aromatic N) is 3. The van der Waals surface area contributed by atoms with Crippen LogP contribution in [0.3, 0.4) is 0 Å². The molecular formula is C26H21N3O4. The van der Waals surface area contributed by atoms with Crippen molar-refractivity contribution in [3.63, 3.8) is 0 Å². The summed E-state index contributed by atoms with van der Waals surface area (Å²) in [6, 6.07) is 20.4. The average Bonchev–Trinajstić information content (AvgIpc) is 2.81. The molecule has 5 aromatic rings. The third kappa shape index (κ3) is 3.74. The summed E-state index contributed by atoms with van der Waals surface area (Å²) in [6.07, 6.45) is 0.755. The fourth-order valence-electron chi connectivity index (χ4n) is 3.91. The van der Waals surface area contributed by atoms with Gasteiger partial charge >= 0.3 is 6.01 Å². The number of hydrogen-bond acceptors (Lipinski definition) is 7. The van der Waals surface area contributed by atoms with E-state index in [0.717, 1.165) is 45.7 Å². The first-order valence-corrected chi connectivity index (χ1v) is 10.6. The van der Waals surface area contributed by atoms with E-state index in [-0.39, 0.29) is 34.6 Å². The van der Waals surface area contributed by atoms with Gasteiger partial charge in [-0.1, -0.05) is 55.5 Å². The first-order chi connectivity index (χ1) is 16.0. The third-order valence-electron chi connectivity index (χ3n) is 5.36. The molecule has 7 heteroatoms. The SMILES string of the molecule is CCCOc1nc(-c2c(O)cc(O)cc2O)nc(-c2cc3ccccc3c3ccccc23)n1. The van der Waals surface area contributed by atoms with Gasteiger partial charge in [-0.2, -0.15) is 9.97 Å². The van der Waals surface area contributed by atoms with E-state index in [4.69, 9.17) is 4.74 Å². The summed E-state index contributed by atoms with van der Waals surface area (Å²) in [4.78, 5) is 13.4. The monoisotopic (exact) mass is 439 g/mol. The van der Waals surface area contributed by atoms with Crippen molar-refractivity contribution >= 4 is 21.5 Å². The van der Waals surface area contributed by atoms with Gasteiger partial charge in [0.05, 0.1) is 6.61 Å². The molecule has 5 rings (SSSR count). The Kier molecular flexibility index (Phi) is 5.14. The Labute approximate surface area is 189 Å². The Bertz CT molecular complexity index is 1480. The maximum absolute atomic E-state index is 10.4. The summed E-state index contributed by atoms with van der Waals surface area (Å²) in [5.41, 5.74) is 0.759. The lowest BCUT2D eigenvalue weighted by Crippen LogP contribution is -2.05. The van der Waals surface area contributed by atoms with Crippen LogP contribution in [0, 0.1) is 0 Å². The minimum Gasteiger partial charge on any atom is -0.508 e. The lowest BCUT2D eigenvalue weighted by Gasteiger charge is -2.13. The molecule has 0 aliphatic carbocycles. The van der Waals surface area contributed by atoms with Crippen molar-refractivity contribution < 1.29 is 20.1 Å². The maximum atomic E-state index is 10.4. The van der Waals surface area contributed by atoms with Crippen LogP contribution in [0.5, 0.6) is 23.3 Å². The van der Waals surface area contributed by atoms with E-state index in [2.05, 4.69) is 27.1 Å². The molecule has 0 aliphatic heterocycles. The molecule has 0 aliphatic rings. The van der Waals surface area contributed by atoms with Crippen molar-refractivity contribution in [1.29, 1.82) is 0 Å². The van der Waals surface area contributed by atoms with Crippen molar-refractivity contribution in [1.82, 2.24) is 15.0 Å². The molecule has 0 radical (unpaired) electrons. The molecule has 0 amide bonds. The van der Waals surface area contributed by atoms with Crippen molar-refractivity contribution in [2.75, 3.05) is 6.61 Å². The highest BCUT2D eigenvalue weighted by Crippen LogP contribution is 2.40. The van der Waals surface area contributed by atoms with Gasteiger partial charge in [0.25, 0.3) is 0 Å². The van der Waals surface area contributed by atoms with E-state index in [1.54, 1.807) is 0 Å². The Morgan fingerprint density at radius 2 is 1.36 bits per heavy atom. The first-order valence-electron chi connectivity index (χ1n) is 10.6. The van der Waals surface area contributed by atoms with Gasteiger partial charge in [-0.15, -0.1) is 0 Å². The van der Waals surface area contributed by atoms with Gasteiger partial charge < -0.3 is 20.1 Å². The second-order valence-corrected chi connectivity index (χ2v) is 7.66. The van der Waals surface area contributed by atoms with E-state index in [9.17, 15) is 15.3 Å². The standard InChI is InChI=1S/C26H21N3O4/c1-2-11-33-26-28-24(27-25(29-26)23-21(31)13-16(30)14-22(23)32)20-12-15-7-3-4-8-17(15)18-9-5-6-10-19(18)20/h3-10,12-14,30-32H,2,11H2,1H3. The molecule has 164 valence electrons. The molecule has 0 fully saturated rings. The number of aromatic hydroxyl groups is 3. The van der Waals surface area contributed by atoms with E-state index < -0.39 is 0 Å². The van der Waals surface area contributed by atoms with Crippen LogP contribution < -0.4 is 4.74 Å². The summed E-state index contributed by atoms with van der Waals surface area (Å²) >= 11 is 0. The number of fused-ring (bicyclic) bond motifs is 3. The normalized spacial score (nSPS) is 11.2. The lowest BCUT2D eigenvalue weighted by molar-refractivity contribution is 0.292. The van der Waals surface area contributed by atoms with Crippen molar-refractivity contribution in [2.45, 2.75) is 13.3 Å². The molecule has 0 bridgehead atoms. The van der Waals surface area contributed by atoms with Crippen LogP contribution in [0.4, 0.5) is 0 Å². The zero-order valence-electron chi connectivity index (χ0n) is 17.9. The zero-order chi connectivity index (χ0) is 22.9. The molecule has 0 spiro atoms. The fourth-order valence-corrected chi connectivity index (χ4v) is 3.91. The van der Waals surface area contributed by atoms with Crippen LogP contribution >= 0.6 is 0 Å². The largest absolute Gasteiger partial charge is 0.508 e. The fraction of sp³-hybridized carbons (Fsp3) is 0.115. The molecule has 0 saturated heterocycles. The van der Waals surface area contributed by atoms with E-state index >= 15 is 0 Å².